The van der Waals surface area contributed by atoms with Crippen LogP contribution in [0.15, 0.2) is 53.4 Å². The Labute approximate surface area is 149 Å². The summed E-state index contributed by atoms with van der Waals surface area (Å²) < 4.78 is 12.8. The van der Waals surface area contributed by atoms with E-state index in [0.717, 1.165) is 21.2 Å². The van der Waals surface area contributed by atoms with E-state index in [1.54, 1.807) is 23.9 Å². The van der Waals surface area contributed by atoms with Gasteiger partial charge in [0.2, 0.25) is 5.91 Å². The Kier molecular flexibility index (Phi) is 7.79. The predicted octanol–water partition coefficient (Wildman–Crippen LogP) is 4.62. The second-order valence-electron chi connectivity index (χ2n) is 4.77. The van der Waals surface area contributed by atoms with Crippen LogP contribution >= 0.6 is 35.1 Å². The minimum atomic E-state index is -0.241. The van der Waals surface area contributed by atoms with Crippen LogP contribution in [-0.4, -0.2) is 24.0 Å². The summed E-state index contributed by atoms with van der Waals surface area (Å²) in [6.07, 6.45) is 0. The summed E-state index contributed by atoms with van der Waals surface area (Å²) >= 11 is 9.03. The molecule has 0 aromatic heterocycles. The van der Waals surface area contributed by atoms with Crippen LogP contribution in [0.2, 0.25) is 5.02 Å². The smallest absolute Gasteiger partial charge is 0.230 e. The van der Waals surface area contributed by atoms with Crippen molar-refractivity contribution < 1.29 is 9.18 Å². The van der Waals surface area contributed by atoms with Gasteiger partial charge in [-0.1, -0.05) is 23.7 Å². The van der Waals surface area contributed by atoms with Crippen LogP contribution in [-0.2, 0) is 10.5 Å². The molecule has 0 fully saturated rings. The number of halogens is 2. The molecule has 1 N–H and O–H groups in total. The van der Waals surface area contributed by atoms with Gasteiger partial charge in [-0.15, -0.1) is 23.5 Å². The van der Waals surface area contributed by atoms with E-state index in [9.17, 15) is 9.18 Å². The third-order valence-electron chi connectivity index (χ3n) is 2.92. The zero-order valence-electron chi connectivity index (χ0n) is 12.4. The lowest BCUT2D eigenvalue weighted by Crippen LogP contribution is -2.27. The fourth-order valence-electron chi connectivity index (χ4n) is 1.78. The number of rotatable bonds is 8. The molecule has 2 nitrogen and oxygen atoms in total. The number of carbonyl (C=O) groups is 1. The molecule has 0 heterocycles. The molecular formula is C17H17ClFNOS2. The van der Waals surface area contributed by atoms with Gasteiger partial charge in [-0.05, 0) is 42.0 Å². The highest BCUT2D eigenvalue weighted by Gasteiger charge is 2.02. The third-order valence-corrected chi connectivity index (χ3v) is 5.19. The molecule has 2 aromatic carbocycles. The first-order valence-electron chi connectivity index (χ1n) is 7.11. The molecule has 0 saturated heterocycles. The molecule has 23 heavy (non-hydrogen) atoms. The lowest BCUT2D eigenvalue weighted by atomic mass is 10.2. The van der Waals surface area contributed by atoms with Crippen molar-refractivity contribution in [3.8, 4) is 0 Å². The first kappa shape index (κ1) is 18.2. The lowest BCUT2D eigenvalue weighted by molar-refractivity contribution is -0.118. The van der Waals surface area contributed by atoms with Crippen molar-refractivity contribution in [1.29, 1.82) is 0 Å². The lowest BCUT2D eigenvalue weighted by Gasteiger charge is -2.06. The average Bonchev–Trinajstić information content (AvgIpc) is 2.55. The maximum absolute atomic E-state index is 12.8. The molecular weight excluding hydrogens is 353 g/mol. The number of amides is 1. The summed E-state index contributed by atoms with van der Waals surface area (Å²) in [6, 6.07) is 14.0. The molecule has 0 bridgehead atoms. The molecule has 0 unspecified atom stereocenters. The first-order chi connectivity index (χ1) is 11.1. The van der Waals surface area contributed by atoms with Crippen LogP contribution in [0.4, 0.5) is 4.39 Å². The molecule has 2 rings (SSSR count). The zero-order valence-corrected chi connectivity index (χ0v) is 14.8. The zero-order chi connectivity index (χ0) is 16.5. The van der Waals surface area contributed by atoms with Gasteiger partial charge in [0.25, 0.3) is 0 Å². The minimum absolute atomic E-state index is 0.0221. The molecule has 0 radical (unpaired) electrons. The fourth-order valence-corrected chi connectivity index (χ4v) is 3.50. The second kappa shape index (κ2) is 9.85. The van der Waals surface area contributed by atoms with Gasteiger partial charge in [0, 0.05) is 28.0 Å². The summed E-state index contributed by atoms with van der Waals surface area (Å²) in [4.78, 5) is 12.9. The number of hydrogen-bond acceptors (Lipinski definition) is 3. The predicted molar refractivity (Wildman–Crippen MR) is 97.7 cm³/mol. The number of thioether (sulfide) groups is 2. The Morgan fingerprint density at radius 2 is 1.78 bits per heavy atom. The van der Waals surface area contributed by atoms with Gasteiger partial charge in [0.1, 0.15) is 5.82 Å². The molecule has 0 aliphatic heterocycles. The second-order valence-corrected chi connectivity index (χ2v) is 7.36. The Hall–Kier alpha value is -1.17. The number of nitrogens with one attached hydrogen (secondary N) is 1. The Bertz CT molecular complexity index is 619. The van der Waals surface area contributed by atoms with Gasteiger partial charge < -0.3 is 5.32 Å². The van der Waals surface area contributed by atoms with Crippen LogP contribution in [0.5, 0.6) is 0 Å². The highest BCUT2D eigenvalue weighted by Crippen LogP contribution is 2.19. The van der Waals surface area contributed by atoms with Crippen LogP contribution in [0.25, 0.3) is 0 Å². The van der Waals surface area contributed by atoms with Gasteiger partial charge in [0.15, 0.2) is 0 Å². The Morgan fingerprint density at radius 3 is 2.48 bits per heavy atom. The van der Waals surface area contributed by atoms with Gasteiger partial charge >= 0.3 is 0 Å². The van der Waals surface area contributed by atoms with Crippen molar-refractivity contribution in [3.63, 3.8) is 0 Å². The van der Waals surface area contributed by atoms with E-state index in [-0.39, 0.29) is 11.7 Å². The molecule has 0 aliphatic rings. The van der Waals surface area contributed by atoms with Crippen molar-refractivity contribution in [2.75, 3.05) is 18.1 Å². The van der Waals surface area contributed by atoms with E-state index in [4.69, 9.17) is 11.6 Å². The van der Waals surface area contributed by atoms with Crippen molar-refractivity contribution in [1.82, 2.24) is 5.32 Å². The maximum Gasteiger partial charge on any atom is 0.230 e. The topological polar surface area (TPSA) is 29.1 Å². The number of carbonyl (C=O) groups excluding carboxylic acids is 1. The van der Waals surface area contributed by atoms with E-state index in [2.05, 4.69) is 5.32 Å². The Morgan fingerprint density at radius 1 is 1.09 bits per heavy atom. The highest BCUT2D eigenvalue weighted by atomic mass is 35.5. The summed E-state index contributed by atoms with van der Waals surface area (Å²) in [5, 5.41) is 3.62. The minimum Gasteiger partial charge on any atom is -0.355 e. The van der Waals surface area contributed by atoms with Crippen molar-refractivity contribution in [2.45, 2.75) is 10.6 Å². The van der Waals surface area contributed by atoms with Crippen LogP contribution in [0.3, 0.4) is 0 Å². The molecule has 1 amide bonds. The molecule has 0 saturated carbocycles. The summed E-state index contributed by atoms with van der Waals surface area (Å²) in [5.41, 5.74) is 1.02. The third kappa shape index (κ3) is 7.29. The standard InChI is InChI=1S/C17H17ClFNOS2/c18-14-3-7-16(8-4-14)23-10-9-20-17(21)12-22-11-13-1-5-15(19)6-2-13/h1-8H,9-12H2,(H,20,21). The van der Waals surface area contributed by atoms with E-state index >= 15 is 0 Å². The van der Waals surface area contributed by atoms with Crippen molar-refractivity contribution in [3.05, 3.63) is 64.9 Å². The molecule has 2 aromatic rings. The van der Waals surface area contributed by atoms with Gasteiger partial charge in [-0.25, -0.2) is 4.39 Å². The van der Waals surface area contributed by atoms with Crippen LogP contribution in [0, 0.1) is 5.82 Å². The summed E-state index contributed by atoms with van der Waals surface area (Å²) in [5.74, 6) is 1.70. The molecule has 0 spiro atoms. The van der Waals surface area contributed by atoms with Gasteiger partial charge in [-0.3, -0.25) is 4.79 Å². The summed E-state index contributed by atoms with van der Waals surface area (Å²) in [6.45, 7) is 0.628. The molecule has 122 valence electrons. The average molecular weight is 370 g/mol. The molecule has 6 heteroatoms. The SMILES string of the molecule is O=C(CSCc1ccc(F)cc1)NCCSc1ccc(Cl)cc1. The van der Waals surface area contributed by atoms with Crippen molar-refractivity contribution >= 4 is 41.0 Å². The molecule has 0 atom stereocenters. The van der Waals surface area contributed by atoms with Gasteiger partial charge in [0.05, 0.1) is 5.75 Å². The van der Waals surface area contributed by atoms with Crippen molar-refractivity contribution in [2.24, 2.45) is 0 Å². The van der Waals surface area contributed by atoms with Crippen LogP contribution in [0.1, 0.15) is 5.56 Å². The summed E-state index contributed by atoms with van der Waals surface area (Å²) in [7, 11) is 0. The first-order valence-corrected chi connectivity index (χ1v) is 9.62. The Balaban J connectivity index is 1.56. The van der Waals surface area contributed by atoms with Gasteiger partial charge in [-0.2, -0.15) is 0 Å². The van der Waals surface area contributed by atoms with Crippen LogP contribution < -0.4 is 5.32 Å². The largest absolute Gasteiger partial charge is 0.355 e. The van der Waals surface area contributed by atoms with E-state index in [0.29, 0.717) is 18.1 Å². The fraction of sp³-hybridized carbons (Fsp3) is 0.235. The maximum atomic E-state index is 12.8. The normalized spacial score (nSPS) is 10.5. The molecule has 0 aliphatic carbocycles. The van der Waals surface area contributed by atoms with E-state index < -0.39 is 0 Å². The van der Waals surface area contributed by atoms with E-state index in [1.807, 2.05) is 24.3 Å². The highest BCUT2D eigenvalue weighted by molar-refractivity contribution is 7.99. The number of benzene rings is 2. The monoisotopic (exact) mass is 369 g/mol. The number of hydrogen-bond donors (Lipinski definition) is 1. The quantitative estimate of drug-likeness (QED) is 0.543. The van der Waals surface area contributed by atoms with E-state index in [1.165, 1.54) is 23.9 Å².